The largest absolute Gasteiger partial charge is 0.396 e. The number of benzene rings is 1. The van der Waals surface area contributed by atoms with Gasteiger partial charge in [0, 0.05) is 13.1 Å². The van der Waals surface area contributed by atoms with Gasteiger partial charge in [0.1, 0.15) is 11.4 Å². The molecule has 0 bridgehead atoms. The molecule has 100 valence electrons. The molecule has 18 heavy (non-hydrogen) atoms. The van der Waals surface area contributed by atoms with E-state index in [0.29, 0.717) is 13.1 Å². The van der Waals surface area contributed by atoms with Crippen molar-refractivity contribution in [3.8, 4) is 0 Å². The molecule has 5 heteroatoms. The van der Waals surface area contributed by atoms with E-state index in [1.54, 1.807) is 0 Å². The van der Waals surface area contributed by atoms with Crippen molar-refractivity contribution >= 4 is 11.6 Å². The fourth-order valence-electron chi connectivity index (χ4n) is 1.78. The van der Waals surface area contributed by atoms with E-state index in [2.05, 4.69) is 0 Å². The molecule has 0 aromatic heterocycles. The normalized spacial score (nSPS) is 10.4. The predicted octanol–water partition coefficient (Wildman–Crippen LogP) is 2.81. The topological polar surface area (TPSA) is 46.3 Å². The molecule has 0 saturated heterocycles. The molecule has 0 radical (unpaired) electrons. The monoisotopic (exact) mass is 256 g/mol. The van der Waals surface area contributed by atoms with Crippen molar-refractivity contribution in [2.75, 3.05) is 18.8 Å². The van der Waals surface area contributed by atoms with Crippen LogP contribution in [0.5, 0.6) is 0 Å². The second-order valence-corrected chi connectivity index (χ2v) is 4.12. The Balaban J connectivity index is 3.11. The van der Waals surface area contributed by atoms with E-state index in [-0.39, 0.29) is 5.69 Å². The Morgan fingerprint density at radius 3 is 2.28 bits per heavy atom. The minimum absolute atomic E-state index is 0.215. The maximum Gasteiger partial charge on any atom is 0.259 e. The first kappa shape index (κ1) is 14.4. The molecule has 0 saturated carbocycles. The number of rotatable bonds is 5. The van der Waals surface area contributed by atoms with Crippen molar-refractivity contribution in [3.05, 3.63) is 29.3 Å². The molecule has 1 amide bonds. The summed E-state index contributed by atoms with van der Waals surface area (Å²) in [7, 11) is 0. The third-order valence-electron chi connectivity index (χ3n) is 2.61. The molecule has 0 fully saturated rings. The van der Waals surface area contributed by atoms with Crippen LogP contribution < -0.4 is 5.73 Å². The molecule has 0 aliphatic rings. The van der Waals surface area contributed by atoms with Crippen molar-refractivity contribution < 1.29 is 13.6 Å². The molecule has 0 unspecified atom stereocenters. The minimum Gasteiger partial charge on any atom is -0.396 e. The van der Waals surface area contributed by atoms with Crippen LogP contribution in [-0.4, -0.2) is 23.9 Å². The number of nitrogens with two attached hydrogens (primary N) is 1. The summed E-state index contributed by atoms with van der Waals surface area (Å²) < 4.78 is 27.3. The molecule has 0 aliphatic heterocycles. The second-order valence-electron chi connectivity index (χ2n) is 4.12. The van der Waals surface area contributed by atoms with Crippen LogP contribution in [0.3, 0.4) is 0 Å². The second kappa shape index (κ2) is 6.33. The van der Waals surface area contributed by atoms with E-state index in [9.17, 15) is 13.6 Å². The smallest absolute Gasteiger partial charge is 0.259 e. The zero-order valence-corrected chi connectivity index (χ0v) is 10.7. The number of carbonyl (C=O) groups is 1. The van der Waals surface area contributed by atoms with Gasteiger partial charge in [0.15, 0.2) is 5.82 Å². The lowest BCUT2D eigenvalue weighted by Gasteiger charge is -2.22. The maximum atomic E-state index is 13.7. The lowest BCUT2D eigenvalue weighted by molar-refractivity contribution is 0.0746. The minimum atomic E-state index is -0.975. The van der Waals surface area contributed by atoms with Gasteiger partial charge >= 0.3 is 0 Å². The summed E-state index contributed by atoms with van der Waals surface area (Å²) in [5, 5.41) is 0. The number of halogens is 2. The van der Waals surface area contributed by atoms with Crippen LogP contribution in [0, 0.1) is 11.6 Å². The van der Waals surface area contributed by atoms with Crippen molar-refractivity contribution in [3.63, 3.8) is 0 Å². The molecule has 2 N–H and O–H groups in total. The highest BCUT2D eigenvalue weighted by atomic mass is 19.1. The van der Waals surface area contributed by atoms with Crippen molar-refractivity contribution in [1.82, 2.24) is 4.90 Å². The highest BCUT2D eigenvalue weighted by molar-refractivity contribution is 5.95. The summed E-state index contributed by atoms with van der Waals surface area (Å²) in [6.45, 7) is 4.75. The van der Waals surface area contributed by atoms with E-state index in [1.165, 1.54) is 4.90 Å². The summed E-state index contributed by atoms with van der Waals surface area (Å²) in [5.74, 6) is -2.48. The summed E-state index contributed by atoms with van der Waals surface area (Å²) in [6.07, 6.45) is 1.47. The lowest BCUT2D eigenvalue weighted by Crippen LogP contribution is -2.34. The van der Waals surface area contributed by atoms with Crippen LogP contribution in [0.4, 0.5) is 14.5 Å². The third-order valence-corrected chi connectivity index (χ3v) is 2.61. The molecular weight excluding hydrogens is 238 g/mol. The van der Waals surface area contributed by atoms with Crippen LogP contribution in [-0.2, 0) is 0 Å². The number of amides is 1. The van der Waals surface area contributed by atoms with Gasteiger partial charge in [0.2, 0.25) is 0 Å². The van der Waals surface area contributed by atoms with Gasteiger partial charge in [0.05, 0.1) is 5.69 Å². The van der Waals surface area contributed by atoms with Gasteiger partial charge in [-0.25, -0.2) is 8.78 Å². The van der Waals surface area contributed by atoms with Crippen LogP contribution in [0.2, 0.25) is 0 Å². The molecular formula is C13H18F2N2O. The van der Waals surface area contributed by atoms with Gasteiger partial charge in [0.25, 0.3) is 5.91 Å². The Hall–Kier alpha value is -1.65. The van der Waals surface area contributed by atoms with E-state index in [1.807, 2.05) is 13.8 Å². The fraction of sp³-hybridized carbons (Fsp3) is 0.462. The number of nitrogen functional groups attached to an aromatic ring is 1. The number of anilines is 1. The SMILES string of the molecule is CCCN(CCC)C(=O)c1c(F)ccc(N)c1F. The summed E-state index contributed by atoms with van der Waals surface area (Å²) in [6, 6.07) is 2.13. The van der Waals surface area contributed by atoms with Crippen LogP contribution in [0.25, 0.3) is 0 Å². The fourth-order valence-corrected chi connectivity index (χ4v) is 1.78. The maximum absolute atomic E-state index is 13.7. The Kier molecular flexibility index (Phi) is 5.07. The lowest BCUT2D eigenvalue weighted by atomic mass is 10.1. The quantitative estimate of drug-likeness (QED) is 0.823. The Morgan fingerprint density at radius 2 is 1.78 bits per heavy atom. The average Bonchev–Trinajstić information content (AvgIpc) is 2.34. The van der Waals surface area contributed by atoms with Crippen LogP contribution in [0.15, 0.2) is 12.1 Å². The Bertz CT molecular complexity index is 429. The standard InChI is InChI=1S/C13H18F2N2O/c1-3-7-17(8-4-2)13(18)11-9(14)5-6-10(16)12(11)15/h5-6H,3-4,7-8,16H2,1-2H3. The first-order valence-electron chi connectivity index (χ1n) is 6.05. The molecule has 0 atom stereocenters. The summed E-state index contributed by atoms with van der Waals surface area (Å²) >= 11 is 0. The van der Waals surface area contributed by atoms with Gasteiger partial charge in [-0.15, -0.1) is 0 Å². The number of hydrogen-bond acceptors (Lipinski definition) is 2. The van der Waals surface area contributed by atoms with E-state index >= 15 is 0 Å². The molecule has 0 heterocycles. The van der Waals surface area contributed by atoms with Crippen molar-refractivity contribution in [1.29, 1.82) is 0 Å². The van der Waals surface area contributed by atoms with Crippen molar-refractivity contribution in [2.45, 2.75) is 26.7 Å². The summed E-state index contributed by atoms with van der Waals surface area (Å²) in [5.41, 5.74) is 4.59. The predicted molar refractivity (Wildman–Crippen MR) is 67.3 cm³/mol. The number of hydrogen-bond donors (Lipinski definition) is 1. The zero-order valence-electron chi connectivity index (χ0n) is 10.7. The Labute approximate surface area is 106 Å². The molecule has 3 nitrogen and oxygen atoms in total. The highest BCUT2D eigenvalue weighted by Gasteiger charge is 2.23. The molecule has 1 aromatic rings. The third kappa shape index (κ3) is 2.97. The summed E-state index contributed by atoms with van der Waals surface area (Å²) in [4.78, 5) is 13.6. The number of nitrogens with zero attached hydrogens (tertiary/aromatic N) is 1. The molecule has 0 spiro atoms. The molecule has 0 aliphatic carbocycles. The van der Waals surface area contributed by atoms with Gasteiger partial charge in [-0.3, -0.25) is 4.79 Å². The van der Waals surface area contributed by atoms with E-state index in [0.717, 1.165) is 25.0 Å². The van der Waals surface area contributed by atoms with Gasteiger partial charge in [-0.1, -0.05) is 13.8 Å². The van der Waals surface area contributed by atoms with Gasteiger partial charge in [-0.2, -0.15) is 0 Å². The van der Waals surface area contributed by atoms with E-state index < -0.39 is 23.1 Å². The Morgan fingerprint density at radius 1 is 1.22 bits per heavy atom. The van der Waals surface area contributed by atoms with Gasteiger partial charge in [-0.05, 0) is 25.0 Å². The van der Waals surface area contributed by atoms with Gasteiger partial charge < -0.3 is 10.6 Å². The zero-order chi connectivity index (χ0) is 13.7. The first-order chi connectivity index (χ1) is 8.52. The average molecular weight is 256 g/mol. The van der Waals surface area contributed by atoms with Crippen molar-refractivity contribution in [2.24, 2.45) is 0 Å². The molecule has 1 aromatic carbocycles. The first-order valence-corrected chi connectivity index (χ1v) is 6.05. The van der Waals surface area contributed by atoms with Crippen LogP contribution >= 0.6 is 0 Å². The van der Waals surface area contributed by atoms with E-state index in [4.69, 9.17) is 5.73 Å². The van der Waals surface area contributed by atoms with Crippen LogP contribution in [0.1, 0.15) is 37.0 Å². The number of carbonyl (C=O) groups excluding carboxylic acids is 1. The molecule has 1 rings (SSSR count). The highest BCUT2D eigenvalue weighted by Crippen LogP contribution is 2.20.